The molecule has 0 atom stereocenters. The van der Waals surface area contributed by atoms with Gasteiger partial charge in [-0.3, -0.25) is 4.74 Å². The van der Waals surface area contributed by atoms with Crippen LogP contribution < -0.4 is 30.1 Å². The molecule has 4 rings (SSSR count). The van der Waals surface area contributed by atoms with Crippen molar-refractivity contribution >= 4 is 28.7 Å². The van der Waals surface area contributed by atoms with E-state index in [0.29, 0.717) is 5.69 Å². The van der Waals surface area contributed by atoms with Crippen molar-refractivity contribution in [2.75, 3.05) is 21.3 Å². The van der Waals surface area contributed by atoms with Crippen LogP contribution >= 0.6 is 7.05 Å². The molecule has 6 heteroatoms. The van der Waals surface area contributed by atoms with Gasteiger partial charge in [0.1, 0.15) is 23.1 Å². The van der Waals surface area contributed by atoms with Crippen molar-refractivity contribution in [2.24, 2.45) is 4.74 Å². The first-order valence-electron chi connectivity index (χ1n) is 10.4. The van der Waals surface area contributed by atoms with Crippen LogP contribution in [0.2, 0.25) is 0 Å². The maximum Gasteiger partial charge on any atom is 0.123 e. The lowest BCUT2D eigenvalue weighted by Gasteiger charge is -2.27. The highest BCUT2D eigenvalue weighted by atomic mass is 31.2. The second kappa shape index (κ2) is 9.93. The van der Waals surface area contributed by atoms with E-state index in [9.17, 15) is 4.39 Å². The van der Waals surface area contributed by atoms with Crippen molar-refractivity contribution in [3.05, 3.63) is 103 Å². The number of nitrogens with zero attached hydrogens (tertiary/aromatic N) is 1. The zero-order chi connectivity index (χ0) is 23.3. The van der Waals surface area contributed by atoms with Gasteiger partial charge in [-0.15, -0.1) is 0 Å². The van der Waals surface area contributed by atoms with Crippen LogP contribution in [0.3, 0.4) is 0 Å². The largest absolute Gasteiger partial charge is 0.497 e. The third-order valence-corrected chi connectivity index (χ3v) is 9.10. The van der Waals surface area contributed by atoms with E-state index in [2.05, 4.69) is 0 Å². The summed E-state index contributed by atoms with van der Waals surface area (Å²) in [7, 11) is 2.39. The zero-order valence-electron chi connectivity index (χ0n) is 18.7. The van der Waals surface area contributed by atoms with Crippen LogP contribution in [-0.2, 0) is 0 Å². The first-order valence-corrected chi connectivity index (χ1v) is 12.1. The number of hydrogen-bond donors (Lipinski definition) is 0. The van der Waals surface area contributed by atoms with Gasteiger partial charge in [-0.1, -0.05) is 0 Å². The van der Waals surface area contributed by atoms with Gasteiger partial charge in [0.2, 0.25) is 0 Å². The van der Waals surface area contributed by atoms with Crippen molar-refractivity contribution in [3.8, 4) is 17.2 Å². The fourth-order valence-electron chi connectivity index (χ4n) is 3.70. The quantitative estimate of drug-likeness (QED) is 0.334. The van der Waals surface area contributed by atoms with Crippen LogP contribution in [0.25, 0.3) is 0 Å². The molecule has 4 nitrogen and oxygen atoms in total. The molecule has 0 bridgehead atoms. The molecule has 0 saturated heterocycles. The average Bonchev–Trinajstić information content (AvgIpc) is 2.89. The zero-order valence-corrected chi connectivity index (χ0v) is 19.6. The lowest BCUT2D eigenvalue weighted by molar-refractivity contribution is 0.415. The third kappa shape index (κ3) is 4.64. The number of benzene rings is 4. The van der Waals surface area contributed by atoms with Gasteiger partial charge in [-0.25, -0.2) is 4.39 Å². The minimum Gasteiger partial charge on any atom is -0.497 e. The van der Waals surface area contributed by atoms with Crippen LogP contribution in [0, 0.1) is 5.82 Å². The second-order valence-electron chi connectivity index (χ2n) is 7.31. The Kier molecular flexibility index (Phi) is 6.81. The van der Waals surface area contributed by atoms with Crippen molar-refractivity contribution < 1.29 is 18.6 Å². The monoisotopic (exact) mass is 461 g/mol. The maximum absolute atomic E-state index is 13.7. The van der Waals surface area contributed by atoms with E-state index in [0.717, 1.165) is 33.2 Å². The Balaban J connectivity index is 2.07. The Morgan fingerprint density at radius 2 is 0.848 bits per heavy atom. The van der Waals surface area contributed by atoms with Gasteiger partial charge in [0, 0.05) is 15.9 Å². The summed E-state index contributed by atoms with van der Waals surface area (Å²) in [4.78, 5) is 0. The molecule has 0 aliphatic rings. The molecule has 168 valence electrons. The Bertz CT molecular complexity index is 1130. The van der Waals surface area contributed by atoms with Crippen molar-refractivity contribution in [1.82, 2.24) is 0 Å². The van der Waals surface area contributed by atoms with Crippen LogP contribution in [-0.4, -0.2) is 21.3 Å². The van der Waals surface area contributed by atoms with E-state index >= 15 is 0 Å². The highest BCUT2D eigenvalue weighted by Gasteiger charge is 2.28. The van der Waals surface area contributed by atoms with Gasteiger partial charge in [0.25, 0.3) is 0 Å². The fraction of sp³-hybridized carbons (Fsp3) is 0.111. The molecule has 0 heterocycles. The normalized spacial score (nSPS) is 11.0. The molecule has 0 aromatic heterocycles. The third-order valence-electron chi connectivity index (χ3n) is 5.43. The molecule has 33 heavy (non-hydrogen) atoms. The molecular formula is C27H25FNO3P. The van der Waals surface area contributed by atoms with Crippen molar-refractivity contribution in [1.29, 1.82) is 0 Å². The van der Waals surface area contributed by atoms with Gasteiger partial charge < -0.3 is 14.2 Å². The average molecular weight is 461 g/mol. The highest BCUT2D eigenvalue weighted by Crippen LogP contribution is 2.49. The summed E-state index contributed by atoms with van der Waals surface area (Å²) in [6.07, 6.45) is 0. The number of halogens is 1. The molecule has 0 N–H and O–H groups in total. The molecule has 4 aromatic carbocycles. The Hall–Kier alpha value is -3.56. The summed E-state index contributed by atoms with van der Waals surface area (Å²) < 4.78 is 35.2. The topological polar surface area (TPSA) is 40.0 Å². The Labute approximate surface area is 193 Å². The maximum atomic E-state index is 13.7. The number of hydrogen-bond acceptors (Lipinski definition) is 4. The summed E-state index contributed by atoms with van der Waals surface area (Å²) in [6.45, 7) is 0. The molecule has 0 unspecified atom stereocenters. The number of ether oxygens (including phenoxy) is 3. The van der Waals surface area contributed by atoms with Crippen molar-refractivity contribution in [3.63, 3.8) is 0 Å². The first-order chi connectivity index (χ1) is 16.1. The minimum atomic E-state index is -2.55. The second-order valence-corrected chi connectivity index (χ2v) is 10.3. The number of rotatable bonds is 7. The van der Waals surface area contributed by atoms with Gasteiger partial charge in [0.05, 0.1) is 34.1 Å². The molecule has 0 spiro atoms. The van der Waals surface area contributed by atoms with Crippen LogP contribution in [0.4, 0.5) is 10.1 Å². The highest BCUT2D eigenvalue weighted by molar-refractivity contribution is 7.87. The molecule has 0 aliphatic heterocycles. The lowest BCUT2D eigenvalue weighted by atomic mass is 10.3. The number of methoxy groups -OCH3 is 3. The standard InChI is InChI=1S/C27H25FNO3P/c1-30-22-8-14-25(15-9-22)33(26-16-10-23(31-2)11-17-26,27-18-12-24(32-3)13-19-27)29-21-6-4-20(28)5-7-21/h4-19H,1-3H3. The first kappa shape index (κ1) is 22.6. The molecule has 0 aliphatic carbocycles. The minimum absolute atomic E-state index is 0.295. The van der Waals surface area contributed by atoms with Gasteiger partial charge >= 0.3 is 0 Å². The van der Waals surface area contributed by atoms with Crippen LogP contribution in [0.5, 0.6) is 17.2 Å². The van der Waals surface area contributed by atoms with Crippen LogP contribution in [0.15, 0.2) is 102 Å². The summed E-state index contributed by atoms with van der Waals surface area (Å²) in [5, 5.41) is 3.13. The van der Waals surface area contributed by atoms with Gasteiger partial charge in [-0.2, -0.15) is 0 Å². The molecule has 0 amide bonds. The molecule has 0 saturated carbocycles. The van der Waals surface area contributed by atoms with E-state index in [1.165, 1.54) is 12.1 Å². The molecule has 0 radical (unpaired) electrons. The summed E-state index contributed by atoms with van der Waals surface area (Å²) in [5.41, 5.74) is 0.701. The van der Waals surface area contributed by atoms with Gasteiger partial charge in [-0.05, 0) is 97.1 Å². The Morgan fingerprint density at radius 1 is 0.515 bits per heavy atom. The SMILES string of the molecule is COc1ccc(P(=Nc2ccc(F)cc2)(c2ccc(OC)cc2)c2ccc(OC)cc2)cc1. The summed E-state index contributed by atoms with van der Waals surface area (Å²) >= 11 is 0. The van der Waals surface area contributed by atoms with E-state index in [-0.39, 0.29) is 5.82 Å². The van der Waals surface area contributed by atoms with Gasteiger partial charge in [0.15, 0.2) is 0 Å². The smallest absolute Gasteiger partial charge is 0.123 e. The molecular weight excluding hydrogens is 436 g/mol. The lowest BCUT2D eigenvalue weighted by Crippen LogP contribution is -2.25. The summed E-state index contributed by atoms with van der Waals surface area (Å²) in [5.74, 6) is 2.01. The summed E-state index contributed by atoms with van der Waals surface area (Å²) in [6, 6.07) is 30.2. The van der Waals surface area contributed by atoms with E-state index in [4.69, 9.17) is 19.0 Å². The molecule has 4 aromatic rings. The van der Waals surface area contributed by atoms with Crippen molar-refractivity contribution in [2.45, 2.75) is 0 Å². The predicted molar refractivity (Wildman–Crippen MR) is 133 cm³/mol. The fourth-order valence-corrected chi connectivity index (χ4v) is 7.16. The van der Waals surface area contributed by atoms with Crippen LogP contribution in [0.1, 0.15) is 0 Å². The molecule has 0 fully saturated rings. The van der Waals surface area contributed by atoms with E-state index in [1.807, 2.05) is 72.8 Å². The van der Waals surface area contributed by atoms with E-state index < -0.39 is 7.05 Å². The predicted octanol–water partition coefficient (Wildman–Crippen LogP) is 5.66. The van der Waals surface area contributed by atoms with E-state index in [1.54, 1.807) is 33.5 Å². The Morgan fingerprint density at radius 3 is 1.15 bits per heavy atom.